The summed E-state index contributed by atoms with van der Waals surface area (Å²) in [5, 5.41) is 1.83. The molecule has 58 valence electrons. The van der Waals surface area contributed by atoms with E-state index in [2.05, 4.69) is 5.43 Å². The van der Waals surface area contributed by atoms with Crippen molar-refractivity contribution in [2.24, 2.45) is 0 Å². The molecular weight excluding hydrogens is 172 g/mol. The van der Waals surface area contributed by atoms with Gasteiger partial charge in [-0.2, -0.15) is 4.41 Å². The van der Waals surface area contributed by atoms with Crippen LogP contribution < -0.4 is 5.43 Å². The molecular formula is C4H8N2O2S2. The number of hydrogen-bond donors (Lipinski definition) is 1. The highest BCUT2D eigenvalue weighted by Gasteiger charge is 2.17. The maximum absolute atomic E-state index is 10.8. The molecule has 0 saturated carbocycles. The Kier molecular flexibility index (Phi) is 1.93. The SMILES string of the molecule is CN1NC(S(C)(=O)=O)=CS1. The summed E-state index contributed by atoms with van der Waals surface area (Å²) in [7, 11) is -1.30. The van der Waals surface area contributed by atoms with Crippen LogP contribution in [-0.4, -0.2) is 26.1 Å². The Morgan fingerprint density at radius 3 is 2.50 bits per heavy atom. The molecule has 0 aromatic heterocycles. The Morgan fingerprint density at radius 2 is 2.30 bits per heavy atom. The van der Waals surface area contributed by atoms with Crippen LogP contribution in [0.15, 0.2) is 10.4 Å². The van der Waals surface area contributed by atoms with Gasteiger partial charge in [0.05, 0.1) is 0 Å². The second-order valence-corrected chi connectivity index (χ2v) is 4.95. The minimum atomic E-state index is -3.05. The van der Waals surface area contributed by atoms with Gasteiger partial charge in [-0.3, -0.25) is 5.43 Å². The molecule has 0 saturated heterocycles. The normalized spacial score (nSPS) is 20.4. The van der Waals surface area contributed by atoms with Gasteiger partial charge < -0.3 is 0 Å². The van der Waals surface area contributed by atoms with Crippen LogP contribution in [0.2, 0.25) is 0 Å². The molecule has 0 amide bonds. The van der Waals surface area contributed by atoms with E-state index in [-0.39, 0.29) is 5.03 Å². The Bertz CT molecular complexity index is 256. The molecule has 1 aliphatic heterocycles. The van der Waals surface area contributed by atoms with E-state index < -0.39 is 9.84 Å². The van der Waals surface area contributed by atoms with Gasteiger partial charge in [-0.1, -0.05) is 0 Å². The van der Waals surface area contributed by atoms with Crippen molar-refractivity contribution in [3.05, 3.63) is 10.4 Å². The lowest BCUT2D eigenvalue weighted by atomic mass is 11.0. The lowest BCUT2D eigenvalue weighted by Gasteiger charge is -2.07. The average Bonchev–Trinajstić information content (AvgIpc) is 2.11. The van der Waals surface area contributed by atoms with Crippen LogP contribution >= 0.6 is 11.9 Å². The number of rotatable bonds is 1. The monoisotopic (exact) mass is 180 g/mol. The summed E-state index contributed by atoms with van der Waals surface area (Å²) in [6.07, 6.45) is 1.17. The van der Waals surface area contributed by atoms with Crippen molar-refractivity contribution in [1.82, 2.24) is 9.84 Å². The highest BCUT2D eigenvalue weighted by Crippen LogP contribution is 2.19. The minimum absolute atomic E-state index is 0.264. The van der Waals surface area contributed by atoms with E-state index in [9.17, 15) is 8.42 Å². The van der Waals surface area contributed by atoms with Gasteiger partial charge in [0.25, 0.3) is 0 Å². The van der Waals surface area contributed by atoms with Crippen molar-refractivity contribution < 1.29 is 8.42 Å². The van der Waals surface area contributed by atoms with Gasteiger partial charge in [-0.15, -0.1) is 0 Å². The topological polar surface area (TPSA) is 49.4 Å². The quantitative estimate of drug-likeness (QED) is 0.572. The molecule has 1 heterocycles. The van der Waals surface area contributed by atoms with E-state index in [0.717, 1.165) is 0 Å². The lowest BCUT2D eigenvalue weighted by Crippen LogP contribution is -2.25. The number of hydrazine groups is 1. The number of nitrogens with one attached hydrogen (secondary N) is 1. The first-order valence-electron chi connectivity index (χ1n) is 2.57. The number of hydrogen-bond acceptors (Lipinski definition) is 5. The van der Waals surface area contributed by atoms with Gasteiger partial charge >= 0.3 is 0 Å². The predicted octanol–water partition coefficient (Wildman–Crippen LogP) is -0.0719. The molecule has 0 fully saturated rings. The van der Waals surface area contributed by atoms with Gasteiger partial charge in [0.2, 0.25) is 0 Å². The summed E-state index contributed by atoms with van der Waals surface area (Å²) in [4.78, 5) is 0. The van der Waals surface area contributed by atoms with E-state index in [4.69, 9.17) is 0 Å². The molecule has 0 aromatic rings. The summed E-state index contributed by atoms with van der Waals surface area (Å²) < 4.78 is 23.2. The zero-order valence-electron chi connectivity index (χ0n) is 5.66. The van der Waals surface area contributed by atoms with Crippen LogP contribution in [0.4, 0.5) is 0 Å². The summed E-state index contributed by atoms with van der Waals surface area (Å²) in [5.41, 5.74) is 2.66. The largest absolute Gasteiger partial charge is 0.299 e. The third-order valence-corrected chi connectivity index (χ3v) is 2.89. The van der Waals surface area contributed by atoms with Crippen molar-refractivity contribution in [3.63, 3.8) is 0 Å². The fraction of sp³-hybridized carbons (Fsp3) is 0.500. The molecule has 4 nitrogen and oxygen atoms in total. The summed E-state index contributed by atoms with van der Waals surface area (Å²) in [5.74, 6) is 0. The molecule has 0 spiro atoms. The molecule has 1 aliphatic rings. The fourth-order valence-corrected chi connectivity index (χ4v) is 2.15. The van der Waals surface area contributed by atoms with Crippen LogP contribution in [0, 0.1) is 0 Å². The zero-order chi connectivity index (χ0) is 7.78. The average molecular weight is 180 g/mol. The van der Waals surface area contributed by atoms with Gasteiger partial charge in [0, 0.05) is 18.7 Å². The van der Waals surface area contributed by atoms with Crippen molar-refractivity contribution in [3.8, 4) is 0 Å². The Balaban J connectivity index is 2.80. The third-order valence-electron chi connectivity index (χ3n) is 0.985. The molecule has 0 unspecified atom stereocenters. The molecule has 1 N–H and O–H groups in total. The molecule has 0 bridgehead atoms. The van der Waals surface area contributed by atoms with Crippen LogP contribution in [0.25, 0.3) is 0 Å². The molecule has 6 heteroatoms. The van der Waals surface area contributed by atoms with Crippen molar-refractivity contribution >= 4 is 21.8 Å². The summed E-state index contributed by atoms with van der Waals surface area (Å²) >= 11 is 1.31. The van der Waals surface area contributed by atoms with Gasteiger partial charge in [-0.05, 0) is 11.9 Å². The molecule has 1 rings (SSSR count). The van der Waals surface area contributed by atoms with Crippen LogP contribution in [0.5, 0.6) is 0 Å². The molecule has 0 aromatic carbocycles. The molecule has 0 aliphatic carbocycles. The van der Waals surface area contributed by atoms with Crippen LogP contribution in [-0.2, 0) is 9.84 Å². The van der Waals surface area contributed by atoms with E-state index in [1.54, 1.807) is 16.9 Å². The van der Waals surface area contributed by atoms with Crippen molar-refractivity contribution in [1.29, 1.82) is 0 Å². The van der Waals surface area contributed by atoms with Gasteiger partial charge in [0.15, 0.2) is 14.9 Å². The first kappa shape index (κ1) is 7.90. The maximum atomic E-state index is 10.8. The highest BCUT2D eigenvalue weighted by molar-refractivity contribution is 8.02. The minimum Gasteiger partial charge on any atom is -0.299 e. The smallest absolute Gasteiger partial charge is 0.192 e. The second-order valence-electron chi connectivity index (χ2n) is 1.97. The van der Waals surface area contributed by atoms with Crippen LogP contribution in [0.1, 0.15) is 0 Å². The van der Waals surface area contributed by atoms with E-state index in [1.165, 1.54) is 18.2 Å². The van der Waals surface area contributed by atoms with Crippen molar-refractivity contribution in [2.75, 3.05) is 13.3 Å². The predicted molar refractivity (Wildman–Crippen MR) is 41.4 cm³/mol. The highest BCUT2D eigenvalue weighted by atomic mass is 32.2. The van der Waals surface area contributed by atoms with E-state index in [0.29, 0.717) is 0 Å². The van der Waals surface area contributed by atoms with Crippen molar-refractivity contribution in [2.45, 2.75) is 0 Å². The first-order chi connectivity index (χ1) is 4.50. The van der Waals surface area contributed by atoms with Gasteiger partial charge in [0.1, 0.15) is 0 Å². The molecule has 0 radical (unpaired) electrons. The Morgan fingerprint density at radius 1 is 1.70 bits per heavy atom. The maximum Gasteiger partial charge on any atom is 0.192 e. The number of sulfone groups is 1. The van der Waals surface area contributed by atoms with Crippen LogP contribution in [0.3, 0.4) is 0 Å². The molecule has 10 heavy (non-hydrogen) atoms. The zero-order valence-corrected chi connectivity index (χ0v) is 7.29. The van der Waals surface area contributed by atoms with E-state index in [1.807, 2.05) is 0 Å². The number of nitrogens with zero attached hydrogens (tertiary/aromatic N) is 1. The third kappa shape index (κ3) is 1.65. The fourth-order valence-electron chi connectivity index (χ4n) is 0.505. The standard InChI is InChI=1S/C4H8N2O2S2/c1-6-5-4(3-9-6)10(2,7)8/h3,5H,1-2H3. The Hall–Kier alpha value is -0.200. The second kappa shape index (κ2) is 2.44. The Labute approximate surface area is 64.3 Å². The first-order valence-corrected chi connectivity index (χ1v) is 5.30. The summed E-state index contributed by atoms with van der Waals surface area (Å²) in [6, 6.07) is 0. The summed E-state index contributed by atoms with van der Waals surface area (Å²) in [6.45, 7) is 0. The lowest BCUT2D eigenvalue weighted by molar-refractivity contribution is 0.492. The molecule has 0 atom stereocenters. The van der Waals surface area contributed by atoms with E-state index >= 15 is 0 Å². The van der Waals surface area contributed by atoms with Gasteiger partial charge in [-0.25, -0.2) is 8.42 Å².